The van der Waals surface area contributed by atoms with Crippen molar-refractivity contribution in [1.29, 1.82) is 0 Å². The fourth-order valence-electron chi connectivity index (χ4n) is 1.05. The van der Waals surface area contributed by atoms with E-state index in [0.29, 0.717) is 10.0 Å². The SMILES string of the molecule is CC(N)Cc1c(Cl)cccc1Cl. The molecule has 1 aromatic rings. The first-order chi connectivity index (χ1) is 5.61. The van der Waals surface area contributed by atoms with Gasteiger partial charge in [-0.05, 0) is 31.0 Å². The van der Waals surface area contributed by atoms with Gasteiger partial charge in [-0.25, -0.2) is 0 Å². The van der Waals surface area contributed by atoms with Gasteiger partial charge in [0, 0.05) is 16.1 Å². The minimum absolute atomic E-state index is 0.0856. The fourth-order valence-corrected chi connectivity index (χ4v) is 1.60. The lowest BCUT2D eigenvalue weighted by Gasteiger charge is -2.08. The predicted molar refractivity (Wildman–Crippen MR) is 53.8 cm³/mol. The van der Waals surface area contributed by atoms with Crippen LogP contribution in [-0.4, -0.2) is 6.04 Å². The monoisotopic (exact) mass is 203 g/mol. The summed E-state index contributed by atoms with van der Waals surface area (Å²) in [7, 11) is 0. The van der Waals surface area contributed by atoms with Gasteiger partial charge in [0.2, 0.25) is 0 Å². The average molecular weight is 204 g/mol. The molecule has 1 nitrogen and oxygen atoms in total. The number of halogens is 2. The Hall–Kier alpha value is -0.240. The van der Waals surface area contributed by atoms with Crippen LogP contribution in [-0.2, 0) is 6.42 Å². The van der Waals surface area contributed by atoms with Crippen LogP contribution in [0, 0.1) is 0 Å². The van der Waals surface area contributed by atoms with Crippen LogP contribution in [0.15, 0.2) is 18.2 Å². The Balaban J connectivity index is 2.96. The summed E-state index contributed by atoms with van der Waals surface area (Å²) in [5, 5.41) is 1.39. The van der Waals surface area contributed by atoms with Crippen LogP contribution in [0.1, 0.15) is 12.5 Å². The summed E-state index contributed by atoms with van der Waals surface area (Å²) < 4.78 is 0. The van der Waals surface area contributed by atoms with Crippen molar-refractivity contribution in [3.63, 3.8) is 0 Å². The maximum absolute atomic E-state index is 5.93. The number of nitrogens with two attached hydrogens (primary N) is 1. The highest BCUT2D eigenvalue weighted by atomic mass is 35.5. The molecule has 0 aliphatic rings. The Morgan fingerprint density at radius 2 is 1.83 bits per heavy atom. The summed E-state index contributed by atoms with van der Waals surface area (Å²) in [6.45, 7) is 1.93. The van der Waals surface area contributed by atoms with E-state index in [9.17, 15) is 0 Å². The minimum Gasteiger partial charge on any atom is -0.328 e. The fraction of sp³-hybridized carbons (Fsp3) is 0.333. The summed E-state index contributed by atoms with van der Waals surface area (Å²) in [6, 6.07) is 5.56. The van der Waals surface area contributed by atoms with E-state index in [1.165, 1.54) is 0 Å². The topological polar surface area (TPSA) is 26.0 Å². The van der Waals surface area contributed by atoms with E-state index in [1.807, 2.05) is 25.1 Å². The van der Waals surface area contributed by atoms with Crippen LogP contribution in [0.25, 0.3) is 0 Å². The van der Waals surface area contributed by atoms with Crippen LogP contribution in [0.4, 0.5) is 0 Å². The zero-order chi connectivity index (χ0) is 9.14. The third-order valence-electron chi connectivity index (χ3n) is 1.59. The van der Waals surface area contributed by atoms with Crippen LogP contribution in [0.3, 0.4) is 0 Å². The summed E-state index contributed by atoms with van der Waals surface area (Å²) in [5.41, 5.74) is 6.59. The first-order valence-corrected chi connectivity index (χ1v) is 4.55. The molecule has 0 bridgehead atoms. The standard InChI is InChI=1S/C9H11Cl2N/c1-6(12)5-7-8(10)3-2-4-9(7)11/h2-4,6H,5,12H2,1H3. The van der Waals surface area contributed by atoms with Gasteiger partial charge in [-0.1, -0.05) is 29.3 Å². The molecule has 0 fully saturated rings. The van der Waals surface area contributed by atoms with Gasteiger partial charge in [-0.2, -0.15) is 0 Å². The third-order valence-corrected chi connectivity index (χ3v) is 2.30. The molecule has 1 unspecified atom stereocenters. The number of hydrogen-bond donors (Lipinski definition) is 1. The van der Waals surface area contributed by atoms with Gasteiger partial charge in [0.15, 0.2) is 0 Å². The highest BCUT2D eigenvalue weighted by Crippen LogP contribution is 2.24. The Kier molecular flexibility index (Phi) is 3.39. The molecule has 0 aliphatic carbocycles. The Morgan fingerprint density at radius 3 is 2.25 bits per heavy atom. The van der Waals surface area contributed by atoms with Crippen LogP contribution < -0.4 is 5.73 Å². The van der Waals surface area contributed by atoms with Gasteiger partial charge in [0.1, 0.15) is 0 Å². The molecule has 0 heterocycles. The molecule has 1 rings (SSSR count). The molecule has 0 saturated heterocycles. The molecule has 0 saturated carbocycles. The maximum Gasteiger partial charge on any atom is 0.0453 e. The van der Waals surface area contributed by atoms with E-state index in [1.54, 1.807) is 0 Å². The zero-order valence-electron chi connectivity index (χ0n) is 6.85. The predicted octanol–water partition coefficient (Wildman–Crippen LogP) is 2.88. The highest BCUT2D eigenvalue weighted by Gasteiger charge is 2.06. The van der Waals surface area contributed by atoms with E-state index in [0.717, 1.165) is 12.0 Å². The van der Waals surface area contributed by atoms with Crippen LogP contribution in [0.5, 0.6) is 0 Å². The summed E-state index contributed by atoms with van der Waals surface area (Å²) >= 11 is 11.9. The third kappa shape index (κ3) is 2.37. The molecule has 12 heavy (non-hydrogen) atoms. The van der Waals surface area contributed by atoms with Crippen LogP contribution in [0.2, 0.25) is 10.0 Å². The molecule has 3 heteroatoms. The first kappa shape index (κ1) is 9.85. The van der Waals surface area contributed by atoms with Crippen molar-refractivity contribution in [2.75, 3.05) is 0 Å². The van der Waals surface area contributed by atoms with E-state index >= 15 is 0 Å². The average Bonchev–Trinajstić information content (AvgIpc) is 1.97. The molecule has 1 atom stereocenters. The number of hydrogen-bond acceptors (Lipinski definition) is 1. The Labute approximate surface area is 82.5 Å². The molecule has 0 amide bonds. The smallest absolute Gasteiger partial charge is 0.0453 e. The van der Waals surface area contributed by atoms with Gasteiger partial charge in [0.05, 0.1) is 0 Å². The van der Waals surface area contributed by atoms with Crippen molar-refractivity contribution in [3.05, 3.63) is 33.8 Å². The lowest BCUT2D eigenvalue weighted by Crippen LogP contribution is -2.18. The molecule has 0 radical (unpaired) electrons. The minimum atomic E-state index is 0.0856. The van der Waals surface area contributed by atoms with Gasteiger partial charge < -0.3 is 5.73 Å². The lowest BCUT2D eigenvalue weighted by molar-refractivity contribution is 0.738. The van der Waals surface area contributed by atoms with Crippen molar-refractivity contribution in [3.8, 4) is 0 Å². The normalized spacial score (nSPS) is 13.0. The van der Waals surface area contributed by atoms with Crippen molar-refractivity contribution in [1.82, 2.24) is 0 Å². The van der Waals surface area contributed by atoms with Crippen molar-refractivity contribution < 1.29 is 0 Å². The Morgan fingerprint density at radius 1 is 1.33 bits per heavy atom. The van der Waals surface area contributed by atoms with E-state index in [-0.39, 0.29) is 6.04 Å². The molecule has 0 aromatic heterocycles. The van der Waals surface area contributed by atoms with Crippen LogP contribution >= 0.6 is 23.2 Å². The molecule has 2 N–H and O–H groups in total. The number of rotatable bonds is 2. The molecule has 0 aliphatic heterocycles. The number of benzene rings is 1. The second-order valence-corrected chi connectivity index (χ2v) is 3.70. The quantitative estimate of drug-likeness (QED) is 0.787. The second-order valence-electron chi connectivity index (χ2n) is 2.88. The van der Waals surface area contributed by atoms with E-state index in [4.69, 9.17) is 28.9 Å². The van der Waals surface area contributed by atoms with Gasteiger partial charge >= 0.3 is 0 Å². The Bertz CT molecular complexity index is 251. The second kappa shape index (κ2) is 4.13. The highest BCUT2D eigenvalue weighted by molar-refractivity contribution is 6.35. The molecule has 0 spiro atoms. The van der Waals surface area contributed by atoms with Crippen molar-refractivity contribution >= 4 is 23.2 Å². The maximum atomic E-state index is 5.93. The van der Waals surface area contributed by atoms with Gasteiger partial charge in [-0.15, -0.1) is 0 Å². The van der Waals surface area contributed by atoms with Gasteiger partial charge in [-0.3, -0.25) is 0 Å². The van der Waals surface area contributed by atoms with Gasteiger partial charge in [0.25, 0.3) is 0 Å². The molecule has 66 valence electrons. The lowest BCUT2D eigenvalue weighted by atomic mass is 10.1. The summed E-state index contributed by atoms with van der Waals surface area (Å²) in [5.74, 6) is 0. The summed E-state index contributed by atoms with van der Waals surface area (Å²) in [6.07, 6.45) is 0.721. The van der Waals surface area contributed by atoms with Crippen molar-refractivity contribution in [2.45, 2.75) is 19.4 Å². The first-order valence-electron chi connectivity index (χ1n) is 3.79. The molecule has 1 aromatic carbocycles. The largest absolute Gasteiger partial charge is 0.328 e. The zero-order valence-corrected chi connectivity index (χ0v) is 8.36. The molecular formula is C9H11Cl2N. The van der Waals surface area contributed by atoms with E-state index < -0.39 is 0 Å². The van der Waals surface area contributed by atoms with E-state index in [2.05, 4.69) is 0 Å². The summed E-state index contributed by atoms with van der Waals surface area (Å²) in [4.78, 5) is 0. The molecular weight excluding hydrogens is 193 g/mol. The van der Waals surface area contributed by atoms with Crippen molar-refractivity contribution in [2.24, 2.45) is 5.73 Å².